The van der Waals surface area contributed by atoms with Crippen LogP contribution >= 0.6 is 0 Å². The molecule has 1 N–H and O–H groups in total. The highest BCUT2D eigenvalue weighted by Crippen LogP contribution is 2.26. The summed E-state index contributed by atoms with van der Waals surface area (Å²) in [6, 6.07) is 17.8. The smallest absolute Gasteiger partial charge is 0.194 e. The fourth-order valence-electron chi connectivity index (χ4n) is 2.33. The normalized spacial score (nSPS) is 12.0. The third-order valence-corrected chi connectivity index (χ3v) is 3.33. The summed E-state index contributed by atoms with van der Waals surface area (Å²) in [5.74, 6) is -0.128. The Balaban J connectivity index is 0.000000225. The van der Waals surface area contributed by atoms with Gasteiger partial charge < -0.3 is 4.98 Å². The van der Waals surface area contributed by atoms with Crippen LogP contribution in [0.15, 0.2) is 73.1 Å². The van der Waals surface area contributed by atoms with Crippen molar-refractivity contribution in [2.45, 2.75) is 0 Å². The van der Waals surface area contributed by atoms with Gasteiger partial charge in [-0.3, -0.25) is 9.59 Å². The van der Waals surface area contributed by atoms with Gasteiger partial charge in [0.05, 0.1) is 0 Å². The first-order valence-corrected chi connectivity index (χ1v) is 6.64. The van der Waals surface area contributed by atoms with Gasteiger partial charge in [0.25, 0.3) is 0 Å². The molecule has 0 bridgehead atoms. The molecule has 0 amide bonds. The predicted molar refractivity (Wildman–Crippen MR) is 80.5 cm³/mol. The van der Waals surface area contributed by atoms with E-state index in [1.807, 2.05) is 24.5 Å². The summed E-state index contributed by atoms with van der Waals surface area (Å²) in [5.41, 5.74) is 2.02. The van der Waals surface area contributed by atoms with Crippen LogP contribution in [-0.4, -0.2) is 16.6 Å². The molecule has 3 nitrogen and oxygen atoms in total. The van der Waals surface area contributed by atoms with Gasteiger partial charge in [-0.15, -0.1) is 0 Å². The molecule has 1 heterocycles. The van der Waals surface area contributed by atoms with E-state index in [0.717, 1.165) is 0 Å². The zero-order valence-corrected chi connectivity index (χ0v) is 11.2. The van der Waals surface area contributed by atoms with Crippen molar-refractivity contribution in [3.05, 3.63) is 95.3 Å². The fourth-order valence-corrected chi connectivity index (χ4v) is 2.33. The number of fused-ring (bicyclic) bond motifs is 2. The van der Waals surface area contributed by atoms with Crippen LogP contribution in [-0.2, 0) is 0 Å². The number of hydrogen-bond donors (Lipinski definition) is 1. The zero-order chi connectivity index (χ0) is 14.7. The van der Waals surface area contributed by atoms with Crippen LogP contribution in [0.1, 0.15) is 31.8 Å². The lowest BCUT2D eigenvalue weighted by Crippen LogP contribution is -2.20. The van der Waals surface area contributed by atoms with Crippen LogP contribution in [0.5, 0.6) is 0 Å². The van der Waals surface area contributed by atoms with Crippen molar-refractivity contribution < 1.29 is 9.59 Å². The molecule has 21 heavy (non-hydrogen) atoms. The van der Waals surface area contributed by atoms with E-state index in [1.54, 1.807) is 48.5 Å². The molecule has 0 atom stereocenters. The Morgan fingerprint density at radius 1 is 0.524 bits per heavy atom. The lowest BCUT2D eigenvalue weighted by atomic mass is 9.84. The molecule has 0 radical (unpaired) electrons. The minimum atomic E-state index is -0.0641. The molecule has 0 saturated heterocycles. The Morgan fingerprint density at radius 3 is 1.10 bits per heavy atom. The number of ketones is 2. The number of rotatable bonds is 0. The van der Waals surface area contributed by atoms with Crippen molar-refractivity contribution in [1.29, 1.82) is 0 Å². The number of carbonyl (C=O) groups excluding carboxylic acids is 2. The van der Waals surface area contributed by atoms with Gasteiger partial charge in [0, 0.05) is 34.6 Å². The maximum Gasteiger partial charge on any atom is 0.194 e. The zero-order valence-electron chi connectivity index (χ0n) is 11.2. The number of hydrogen-bond acceptors (Lipinski definition) is 2. The molecule has 1 aromatic heterocycles. The van der Waals surface area contributed by atoms with Crippen molar-refractivity contribution in [3.63, 3.8) is 0 Å². The summed E-state index contributed by atoms with van der Waals surface area (Å²) in [7, 11) is 0. The first-order chi connectivity index (χ1) is 10.3. The lowest BCUT2D eigenvalue weighted by molar-refractivity contribution is 0.0979. The van der Waals surface area contributed by atoms with Gasteiger partial charge in [-0.1, -0.05) is 48.5 Å². The average Bonchev–Trinajstić information content (AvgIpc) is 3.12. The molecule has 0 saturated carbocycles. The number of aromatic amines is 1. The fraction of sp³-hybridized carbons (Fsp3) is 0. The van der Waals surface area contributed by atoms with E-state index in [1.165, 1.54) is 0 Å². The van der Waals surface area contributed by atoms with Gasteiger partial charge >= 0.3 is 0 Å². The maximum atomic E-state index is 12.1. The van der Waals surface area contributed by atoms with Crippen LogP contribution in [0.25, 0.3) is 0 Å². The van der Waals surface area contributed by atoms with E-state index in [-0.39, 0.29) is 11.6 Å². The van der Waals surface area contributed by atoms with Crippen LogP contribution in [0.2, 0.25) is 0 Å². The largest absolute Gasteiger partial charge is 0.368 e. The molecular weight excluding hydrogens is 262 g/mol. The lowest BCUT2D eigenvalue weighted by Gasteiger charge is -2.16. The summed E-state index contributed by atoms with van der Waals surface area (Å²) in [4.78, 5) is 27.1. The second-order valence-electron chi connectivity index (χ2n) is 4.63. The summed E-state index contributed by atoms with van der Waals surface area (Å²) in [6.45, 7) is 0. The van der Waals surface area contributed by atoms with E-state index in [0.29, 0.717) is 22.3 Å². The Morgan fingerprint density at radius 2 is 0.857 bits per heavy atom. The SMILES string of the molecule is O=C1c2ccccc2C(=O)c2ccccc21.c1cc[nH]c1. The van der Waals surface area contributed by atoms with Gasteiger partial charge in [-0.05, 0) is 12.1 Å². The third-order valence-electron chi connectivity index (χ3n) is 3.33. The molecule has 0 aliphatic heterocycles. The Bertz CT molecular complexity index is 666. The molecule has 2 aromatic carbocycles. The molecule has 3 heteroatoms. The van der Waals surface area contributed by atoms with E-state index < -0.39 is 0 Å². The van der Waals surface area contributed by atoms with Crippen molar-refractivity contribution >= 4 is 11.6 Å². The highest BCUT2D eigenvalue weighted by atomic mass is 16.1. The number of aromatic nitrogens is 1. The number of nitrogens with one attached hydrogen (secondary N) is 1. The number of benzene rings is 2. The minimum absolute atomic E-state index is 0.0641. The third kappa shape index (κ3) is 2.41. The van der Waals surface area contributed by atoms with Crippen LogP contribution < -0.4 is 0 Å². The first-order valence-electron chi connectivity index (χ1n) is 6.64. The Labute approximate surface area is 122 Å². The number of carbonyl (C=O) groups is 2. The standard InChI is InChI=1S/C14H8O2.C4H5N/c15-13-9-5-1-2-6-10(9)14(16)12-8-4-3-7-11(12)13;1-2-4-5-3-1/h1-8H;1-5H. The van der Waals surface area contributed by atoms with E-state index >= 15 is 0 Å². The minimum Gasteiger partial charge on any atom is -0.368 e. The predicted octanol–water partition coefficient (Wildman–Crippen LogP) is 3.48. The molecular formula is C18H13NO2. The van der Waals surface area contributed by atoms with E-state index in [9.17, 15) is 9.59 Å². The molecule has 1 aliphatic carbocycles. The summed E-state index contributed by atoms with van der Waals surface area (Å²) in [6.07, 6.45) is 3.75. The van der Waals surface area contributed by atoms with Gasteiger partial charge in [0.1, 0.15) is 0 Å². The quantitative estimate of drug-likeness (QED) is 0.534. The highest BCUT2D eigenvalue weighted by Gasteiger charge is 2.28. The summed E-state index contributed by atoms with van der Waals surface area (Å²) >= 11 is 0. The monoisotopic (exact) mass is 275 g/mol. The molecule has 0 spiro atoms. The molecule has 3 aromatic rings. The van der Waals surface area contributed by atoms with Crippen LogP contribution in [0, 0.1) is 0 Å². The van der Waals surface area contributed by atoms with Crippen LogP contribution in [0.3, 0.4) is 0 Å². The average molecular weight is 275 g/mol. The topological polar surface area (TPSA) is 49.9 Å². The van der Waals surface area contributed by atoms with Crippen LogP contribution in [0.4, 0.5) is 0 Å². The van der Waals surface area contributed by atoms with Gasteiger partial charge in [-0.25, -0.2) is 0 Å². The second kappa shape index (κ2) is 5.59. The van der Waals surface area contributed by atoms with Crippen molar-refractivity contribution in [3.8, 4) is 0 Å². The number of H-pyrrole nitrogens is 1. The van der Waals surface area contributed by atoms with Crippen molar-refractivity contribution in [2.75, 3.05) is 0 Å². The summed E-state index contributed by atoms with van der Waals surface area (Å²) < 4.78 is 0. The highest BCUT2D eigenvalue weighted by molar-refractivity contribution is 6.28. The molecule has 0 unspecified atom stereocenters. The Hall–Kier alpha value is -2.94. The maximum absolute atomic E-state index is 12.1. The summed E-state index contributed by atoms with van der Waals surface area (Å²) in [5, 5.41) is 0. The second-order valence-corrected chi connectivity index (χ2v) is 4.63. The van der Waals surface area contributed by atoms with Gasteiger partial charge in [0.2, 0.25) is 0 Å². The molecule has 0 fully saturated rings. The van der Waals surface area contributed by atoms with Gasteiger partial charge in [0.15, 0.2) is 11.6 Å². The molecule has 4 rings (SSSR count). The van der Waals surface area contributed by atoms with Crippen molar-refractivity contribution in [2.24, 2.45) is 0 Å². The molecule has 102 valence electrons. The first kappa shape index (κ1) is 13.1. The Kier molecular flexibility index (Phi) is 3.48. The van der Waals surface area contributed by atoms with E-state index in [4.69, 9.17) is 0 Å². The van der Waals surface area contributed by atoms with Gasteiger partial charge in [-0.2, -0.15) is 0 Å². The van der Waals surface area contributed by atoms with E-state index in [2.05, 4.69) is 4.98 Å². The molecule has 1 aliphatic rings. The van der Waals surface area contributed by atoms with Crippen molar-refractivity contribution in [1.82, 2.24) is 4.98 Å².